The van der Waals surface area contributed by atoms with Crippen LogP contribution in [0.15, 0.2) is 12.7 Å². The number of aliphatic carboxylic acids is 1. The van der Waals surface area contributed by atoms with E-state index >= 15 is 0 Å². The molecular weight excluding hydrogens is 103 g/mol. The molecule has 2 nitrogen and oxygen atoms in total. The van der Waals surface area contributed by atoms with Crippen LogP contribution in [0.4, 0.5) is 0 Å². The molecule has 0 aliphatic carbocycles. The van der Waals surface area contributed by atoms with Crippen LogP contribution >= 0.6 is 12.4 Å². The average Bonchev–Trinajstić information content (AvgIpc) is 1.38. The molecule has 6 heavy (non-hydrogen) atoms. The van der Waals surface area contributed by atoms with Crippen LogP contribution < -0.4 is 0 Å². The summed E-state index contributed by atoms with van der Waals surface area (Å²) in [6, 6.07) is 0. The molecule has 0 atom stereocenters. The first-order chi connectivity index (χ1) is 2.27. The fourth-order valence-corrected chi connectivity index (χ4v) is 0. The SMILES string of the molecule is C=CC(=O)O.Cl.[HH]. The zero-order chi connectivity index (χ0) is 4.28. The molecule has 0 spiro atoms. The van der Waals surface area contributed by atoms with Crippen LogP contribution in [0, 0.1) is 0 Å². The molecule has 3 heteroatoms. The van der Waals surface area contributed by atoms with Crippen molar-refractivity contribution < 1.29 is 11.3 Å². The summed E-state index contributed by atoms with van der Waals surface area (Å²) in [5.41, 5.74) is 0. The van der Waals surface area contributed by atoms with Crippen LogP contribution in [0.25, 0.3) is 0 Å². The van der Waals surface area contributed by atoms with Crippen LogP contribution in [0.1, 0.15) is 1.43 Å². The van der Waals surface area contributed by atoms with Crippen molar-refractivity contribution in [1.29, 1.82) is 0 Å². The zero-order valence-corrected chi connectivity index (χ0v) is 3.86. The largest absolute Gasteiger partial charge is 0.478 e. The van der Waals surface area contributed by atoms with Crippen molar-refractivity contribution in [2.24, 2.45) is 0 Å². The van der Waals surface area contributed by atoms with Gasteiger partial charge in [-0.1, -0.05) is 6.58 Å². The fraction of sp³-hybridized carbons (Fsp3) is 0. The molecule has 0 radical (unpaired) electrons. The first-order valence-electron chi connectivity index (χ1n) is 1.12. The lowest BCUT2D eigenvalue weighted by Gasteiger charge is -1.64. The van der Waals surface area contributed by atoms with E-state index in [9.17, 15) is 4.79 Å². The van der Waals surface area contributed by atoms with E-state index in [2.05, 4.69) is 6.58 Å². The molecule has 0 aliphatic rings. The van der Waals surface area contributed by atoms with E-state index in [0.717, 1.165) is 6.08 Å². The maximum Gasteiger partial charge on any atom is 0.327 e. The third-order valence-electron chi connectivity index (χ3n) is 0.175. The van der Waals surface area contributed by atoms with Gasteiger partial charge in [-0.25, -0.2) is 4.79 Å². The highest BCUT2D eigenvalue weighted by molar-refractivity contribution is 5.85. The quantitative estimate of drug-likeness (QED) is 0.510. The number of halogens is 1. The van der Waals surface area contributed by atoms with Gasteiger partial charge in [-0.2, -0.15) is 0 Å². The van der Waals surface area contributed by atoms with Crippen molar-refractivity contribution in [1.82, 2.24) is 0 Å². The molecule has 0 aromatic carbocycles. The predicted molar refractivity (Wildman–Crippen MR) is 27.2 cm³/mol. The van der Waals surface area contributed by atoms with Gasteiger partial charge in [-0.15, -0.1) is 12.4 Å². The van der Waals surface area contributed by atoms with Gasteiger partial charge >= 0.3 is 5.97 Å². The fourth-order valence-electron chi connectivity index (χ4n) is 0. The van der Waals surface area contributed by atoms with Crippen molar-refractivity contribution in [3.05, 3.63) is 12.7 Å². The summed E-state index contributed by atoms with van der Waals surface area (Å²) in [5.74, 6) is -0.981. The predicted octanol–water partition coefficient (Wildman–Crippen LogP) is 0.925. The second kappa shape index (κ2) is 4.50. The van der Waals surface area contributed by atoms with Crippen LogP contribution in [-0.2, 0) is 4.79 Å². The van der Waals surface area contributed by atoms with Gasteiger partial charge in [-0.3, -0.25) is 0 Å². The van der Waals surface area contributed by atoms with Gasteiger partial charge in [0, 0.05) is 7.50 Å². The van der Waals surface area contributed by atoms with Crippen molar-refractivity contribution in [3.8, 4) is 0 Å². The lowest BCUT2D eigenvalue weighted by molar-refractivity contribution is -0.131. The number of hydrogen-bond acceptors (Lipinski definition) is 1. The van der Waals surface area contributed by atoms with E-state index in [0.29, 0.717) is 0 Å². The molecule has 0 aliphatic heterocycles. The molecule has 0 aromatic rings. The normalized spacial score (nSPS) is 5.33. The van der Waals surface area contributed by atoms with E-state index < -0.39 is 5.97 Å². The Bertz CT molecular complexity index is 64.0. The standard InChI is InChI=1S/C3H4O2.ClH.H2/c1-2-3(4)5;;/h2H,1H2,(H,4,5);2*1H. The van der Waals surface area contributed by atoms with Gasteiger partial charge in [0.2, 0.25) is 0 Å². The minimum absolute atomic E-state index is 0. The zero-order valence-electron chi connectivity index (χ0n) is 3.05. The van der Waals surface area contributed by atoms with Crippen LogP contribution in [0.2, 0.25) is 0 Å². The van der Waals surface area contributed by atoms with Gasteiger partial charge in [0.25, 0.3) is 0 Å². The smallest absolute Gasteiger partial charge is 0.327 e. The number of rotatable bonds is 1. The Morgan fingerprint density at radius 3 is 2.17 bits per heavy atom. The Balaban J connectivity index is -0.0000000800. The molecule has 0 saturated heterocycles. The Labute approximate surface area is 43.4 Å². The molecule has 0 saturated carbocycles. The lowest BCUT2D eigenvalue weighted by atomic mass is 10.7. The summed E-state index contributed by atoms with van der Waals surface area (Å²) in [6.45, 7) is 2.96. The highest BCUT2D eigenvalue weighted by Gasteiger charge is 1.73. The third kappa shape index (κ3) is 9.72. The van der Waals surface area contributed by atoms with Gasteiger partial charge in [0.15, 0.2) is 0 Å². The lowest BCUT2D eigenvalue weighted by Crippen LogP contribution is -1.82. The molecule has 0 unspecified atom stereocenters. The van der Waals surface area contributed by atoms with Crippen molar-refractivity contribution in [3.63, 3.8) is 0 Å². The highest BCUT2D eigenvalue weighted by atomic mass is 35.5. The Hall–Kier alpha value is -0.500. The molecular formula is C3H7ClO2. The van der Waals surface area contributed by atoms with Gasteiger partial charge in [-0.05, 0) is 0 Å². The van der Waals surface area contributed by atoms with E-state index in [-0.39, 0.29) is 13.8 Å². The summed E-state index contributed by atoms with van der Waals surface area (Å²) >= 11 is 0. The molecule has 0 aromatic heterocycles. The van der Waals surface area contributed by atoms with Gasteiger partial charge in [0.05, 0.1) is 0 Å². The maximum atomic E-state index is 9.25. The first kappa shape index (κ1) is 9.09. The Kier molecular flexibility index (Phi) is 6.82. The van der Waals surface area contributed by atoms with Crippen LogP contribution in [0.5, 0.6) is 0 Å². The maximum absolute atomic E-state index is 9.25. The summed E-state index contributed by atoms with van der Waals surface area (Å²) in [6.07, 6.45) is 0.833. The number of carboxylic acids is 1. The molecule has 0 fully saturated rings. The van der Waals surface area contributed by atoms with Gasteiger partial charge in [0.1, 0.15) is 0 Å². The highest BCUT2D eigenvalue weighted by Crippen LogP contribution is 1.54. The molecule has 0 amide bonds. The number of carboxylic acid groups (broad SMARTS) is 1. The topological polar surface area (TPSA) is 37.3 Å². The van der Waals surface area contributed by atoms with Crippen molar-refractivity contribution >= 4 is 18.4 Å². The summed E-state index contributed by atoms with van der Waals surface area (Å²) < 4.78 is 0. The Morgan fingerprint density at radius 2 is 2.17 bits per heavy atom. The minimum atomic E-state index is -0.981. The van der Waals surface area contributed by atoms with Crippen LogP contribution in [0.3, 0.4) is 0 Å². The number of carbonyl (C=O) groups is 1. The van der Waals surface area contributed by atoms with E-state index in [1.165, 1.54) is 0 Å². The summed E-state index contributed by atoms with van der Waals surface area (Å²) in [7, 11) is 0. The summed E-state index contributed by atoms with van der Waals surface area (Å²) in [5, 5.41) is 7.60. The van der Waals surface area contributed by atoms with Crippen molar-refractivity contribution in [2.45, 2.75) is 0 Å². The van der Waals surface area contributed by atoms with Crippen molar-refractivity contribution in [2.75, 3.05) is 0 Å². The molecule has 38 valence electrons. The monoisotopic (exact) mass is 110 g/mol. The average molecular weight is 111 g/mol. The van der Waals surface area contributed by atoms with E-state index in [1.54, 1.807) is 0 Å². The minimum Gasteiger partial charge on any atom is -0.478 e. The molecule has 0 heterocycles. The first-order valence-corrected chi connectivity index (χ1v) is 1.12. The second-order valence-electron chi connectivity index (χ2n) is 0.542. The molecule has 1 N–H and O–H groups in total. The molecule has 0 rings (SSSR count). The second-order valence-corrected chi connectivity index (χ2v) is 0.542. The third-order valence-corrected chi connectivity index (χ3v) is 0.175. The van der Waals surface area contributed by atoms with E-state index in [4.69, 9.17) is 5.11 Å². The number of hydrogen-bond donors (Lipinski definition) is 1. The van der Waals surface area contributed by atoms with Crippen LogP contribution in [-0.4, -0.2) is 11.1 Å². The van der Waals surface area contributed by atoms with Gasteiger partial charge < -0.3 is 5.11 Å². The summed E-state index contributed by atoms with van der Waals surface area (Å²) in [4.78, 5) is 9.25. The molecule has 0 bridgehead atoms. The Morgan fingerprint density at radius 1 is 2.00 bits per heavy atom. The van der Waals surface area contributed by atoms with E-state index in [1.807, 2.05) is 0 Å².